The zero-order valence-electron chi connectivity index (χ0n) is 15.2. The van der Waals surface area contributed by atoms with Gasteiger partial charge in [-0.1, -0.05) is 55.7 Å². The molecular formula is C23H23NO3. The molecule has 3 aromatic rings. The van der Waals surface area contributed by atoms with Gasteiger partial charge < -0.3 is 9.67 Å². The first-order valence-electron chi connectivity index (χ1n) is 9.58. The number of benzene rings is 2. The van der Waals surface area contributed by atoms with Crippen LogP contribution in [-0.2, 0) is 6.54 Å². The number of aromatic nitrogens is 1. The normalized spacial score (nSPS) is 15.1. The van der Waals surface area contributed by atoms with Gasteiger partial charge in [0, 0.05) is 18.1 Å². The van der Waals surface area contributed by atoms with Gasteiger partial charge in [0.25, 0.3) is 0 Å². The maximum atomic E-state index is 12.8. The molecule has 1 saturated carbocycles. The van der Waals surface area contributed by atoms with Crippen LogP contribution < -0.4 is 5.43 Å². The minimum atomic E-state index is -1.17. The molecule has 138 valence electrons. The van der Waals surface area contributed by atoms with Crippen LogP contribution in [0.4, 0.5) is 0 Å². The summed E-state index contributed by atoms with van der Waals surface area (Å²) in [5.41, 5.74) is 2.45. The Morgan fingerprint density at radius 1 is 1.04 bits per heavy atom. The van der Waals surface area contributed by atoms with Crippen LogP contribution in [0.15, 0.2) is 59.5 Å². The standard InChI is InChI=1S/C23H23NO3/c25-22-19-13-18(17-9-5-2-6-10-17)11-12-21(19)24(15-20(22)23(26)27)14-16-7-3-1-4-8-16/h1,3-4,7-8,11-13,15,17H,2,5-6,9-10,14H2,(H,26,27). The summed E-state index contributed by atoms with van der Waals surface area (Å²) in [7, 11) is 0. The summed E-state index contributed by atoms with van der Waals surface area (Å²) in [6, 6.07) is 15.9. The van der Waals surface area contributed by atoms with E-state index in [-0.39, 0.29) is 11.0 Å². The molecule has 27 heavy (non-hydrogen) atoms. The summed E-state index contributed by atoms with van der Waals surface area (Å²) >= 11 is 0. The van der Waals surface area contributed by atoms with Gasteiger partial charge in [-0.25, -0.2) is 4.79 Å². The number of aromatic carboxylic acids is 1. The summed E-state index contributed by atoms with van der Waals surface area (Å²) in [4.78, 5) is 24.5. The summed E-state index contributed by atoms with van der Waals surface area (Å²) < 4.78 is 1.88. The summed E-state index contributed by atoms with van der Waals surface area (Å²) in [6.45, 7) is 0.528. The minimum Gasteiger partial charge on any atom is -0.477 e. The van der Waals surface area contributed by atoms with Gasteiger partial charge in [-0.15, -0.1) is 0 Å². The van der Waals surface area contributed by atoms with E-state index in [1.807, 2.05) is 47.0 Å². The Labute approximate surface area is 158 Å². The molecule has 4 rings (SSSR count). The van der Waals surface area contributed by atoms with Gasteiger partial charge in [-0.05, 0) is 42.0 Å². The van der Waals surface area contributed by atoms with Gasteiger partial charge >= 0.3 is 5.97 Å². The molecule has 0 saturated heterocycles. The van der Waals surface area contributed by atoms with Gasteiger partial charge in [-0.2, -0.15) is 0 Å². The molecule has 0 spiro atoms. The fourth-order valence-corrected chi connectivity index (χ4v) is 4.17. The number of carboxylic acids is 1. The van der Waals surface area contributed by atoms with Crippen molar-refractivity contribution in [3.63, 3.8) is 0 Å². The van der Waals surface area contributed by atoms with Gasteiger partial charge in [0.2, 0.25) is 5.43 Å². The quantitative estimate of drug-likeness (QED) is 0.726. The van der Waals surface area contributed by atoms with Crippen molar-refractivity contribution in [2.75, 3.05) is 0 Å². The third-order valence-electron chi connectivity index (χ3n) is 5.61. The second-order valence-corrected chi connectivity index (χ2v) is 7.40. The van der Waals surface area contributed by atoms with Gasteiger partial charge in [-0.3, -0.25) is 4.79 Å². The summed E-state index contributed by atoms with van der Waals surface area (Å²) in [5.74, 6) is -0.703. The van der Waals surface area contributed by atoms with Gasteiger partial charge in [0.15, 0.2) is 0 Å². The average molecular weight is 361 g/mol. The van der Waals surface area contributed by atoms with E-state index in [2.05, 4.69) is 6.07 Å². The third kappa shape index (κ3) is 3.52. The zero-order chi connectivity index (χ0) is 18.8. The predicted octanol–water partition coefficient (Wildman–Crippen LogP) is 4.80. The molecule has 1 aliphatic carbocycles. The number of carbonyl (C=O) groups is 1. The van der Waals surface area contributed by atoms with Crippen LogP contribution in [0.25, 0.3) is 10.9 Å². The van der Waals surface area contributed by atoms with Crippen LogP contribution in [0.3, 0.4) is 0 Å². The first kappa shape index (κ1) is 17.5. The molecule has 1 aromatic heterocycles. The highest BCUT2D eigenvalue weighted by atomic mass is 16.4. The number of nitrogens with zero attached hydrogens (tertiary/aromatic N) is 1. The van der Waals surface area contributed by atoms with E-state index in [1.165, 1.54) is 25.5 Å². The Kier molecular flexibility index (Phi) is 4.80. The van der Waals surface area contributed by atoms with E-state index in [4.69, 9.17) is 0 Å². The maximum absolute atomic E-state index is 12.8. The molecule has 4 nitrogen and oxygen atoms in total. The van der Waals surface area contributed by atoms with Crippen molar-refractivity contribution in [1.29, 1.82) is 0 Å². The zero-order valence-corrected chi connectivity index (χ0v) is 15.2. The monoisotopic (exact) mass is 361 g/mol. The van der Waals surface area contributed by atoms with Crippen molar-refractivity contribution in [2.24, 2.45) is 0 Å². The molecule has 0 bridgehead atoms. The van der Waals surface area contributed by atoms with Crippen molar-refractivity contribution in [1.82, 2.24) is 4.57 Å². The highest BCUT2D eigenvalue weighted by Gasteiger charge is 2.19. The topological polar surface area (TPSA) is 59.3 Å². The average Bonchev–Trinajstić information content (AvgIpc) is 2.71. The number of carboxylic acid groups (broad SMARTS) is 1. The number of pyridine rings is 1. The lowest BCUT2D eigenvalue weighted by atomic mass is 9.83. The van der Waals surface area contributed by atoms with Crippen LogP contribution in [-0.4, -0.2) is 15.6 Å². The number of hydrogen-bond acceptors (Lipinski definition) is 2. The SMILES string of the molecule is O=C(O)c1cn(Cc2ccccc2)c2ccc(C3CCCCC3)cc2c1=O. The molecule has 1 N–H and O–H groups in total. The molecule has 0 aliphatic heterocycles. The first-order valence-corrected chi connectivity index (χ1v) is 9.58. The van der Waals surface area contributed by atoms with Crippen LogP contribution in [0.2, 0.25) is 0 Å². The van der Waals surface area contributed by atoms with Crippen LogP contribution in [0, 0.1) is 0 Å². The van der Waals surface area contributed by atoms with E-state index in [9.17, 15) is 14.7 Å². The van der Waals surface area contributed by atoms with Crippen LogP contribution in [0.5, 0.6) is 0 Å². The highest BCUT2D eigenvalue weighted by molar-refractivity contribution is 5.92. The van der Waals surface area contributed by atoms with E-state index < -0.39 is 5.97 Å². The van der Waals surface area contributed by atoms with Crippen LogP contribution in [0.1, 0.15) is 59.5 Å². The van der Waals surface area contributed by atoms with Crippen molar-refractivity contribution in [3.05, 3.63) is 81.6 Å². The summed E-state index contributed by atoms with van der Waals surface area (Å²) in [5, 5.41) is 10.0. The Balaban J connectivity index is 1.86. The fraction of sp³-hybridized carbons (Fsp3) is 0.304. The van der Waals surface area contributed by atoms with Gasteiger partial charge in [0.05, 0.1) is 5.52 Å². The molecule has 0 atom stereocenters. The van der Waals surface area contributed by atoms with E-state index in [1.54, 1.807) is 0 Å². The van der Waals surface area contributed by atoms with Gasteiger partial charge in [0.1, 0.15) is 5.56 Å². The number of hydrogen-bond donors (Lipinski definition) is 1. The third-order valence-corrected chi connectivity index (χ3v) is 5.61. The van der Waals surface area contributed by atoms with E-state index in [0.29, 0.717) is 17.8 Å². The molecule has 0 amide bonds. The van der Waals surface area contributed by atoms with Crippen molar-refractivity contribution >= 4 is 16.9 Å². The molecular weight excluding hydrogens is 338 g/mol. The van der Waals surface area contributed by atoms with Crippen LogP contribution >= 0.6 is 0 Å². The second kappa shape index (κ2) is 7.39. The molecule has 0 radical (unpaired) electrons. The lowest BCUT2D eigenvalue weighted by molar-refractivity contribution is 0.0695. The fourth-order valence-electron chi connectivity index (χ4n) is 4.17. The Hall–Kier alpha value is -2.88. The highest BCUT2D eigenvalue weighted by Crippen LogP contribution is 2.33. The largest absolute Gasteiger partial charge is 0.477 e. The lowest BCUT2D eigenvalue weighted by Crippen LogP contribution is -2.19. The smallest absolute Gasteiger partial charge is 0.341 e. The number of rotatable bonds is 4. The Morgan fingerprint density at radius 2 is 1.78 bits per heavy atom. The minimum absolute atomic E-state index is 0.167. The molecule has 1 fully saturated rings. The van der Waals surface area contributed by atoms with Crippen molar-refractivity contribution < 1.29 is 9.90 Å². The van der Waals surface area contributed by atoms with E-state index in [0.717, 1.165) is 29.5 Å². The second-order valence-electron chi connectivity index (χ2n) is 7.40. The summed E-state index contributed by atoms with van der Waals surface area (Å²) in [6.07, 6.45) is 7.47. The molecule has 1 aliphatic rings. The van der Waals surface area contributed by atoms with Crippen molar-refractivity contribution in [3.8, 4) is 0 Å². The van der Waals surface area contributed by atoms with Crippen molar-refractivity contribution in [2.45, 2.75) is 44.6 Å². The molecule has 2 aromatic carbocycles. The Bertz CT molecular complexity index is 1030. The predicted molar refractivity (Wildman–Crippen MR) is 107 cm³/mol. The lowest BCUT2D eigenvalue weighted by Gasteiger charge is -2.22. The first-order chi connectivity index (χ1) is 13.1. The van der Waals surface area contributed by atoms with E-state index >= 15 is 0 Å². The molecule has 0 unspecified atom stereocenters. The molecule has 1 heterocycles. The number of fused-ring (bicyclic) bond motifs is 1. The molecule has 4 heteroatoms. The maximum Gasteiger partial charge on any atom is 0.341 e. The Morgan fingerprint density at radius 3 is 2.48 bits per heavy atom.